The molecular weight excluding hydrogens is 322 g/mol. The molecular formula is C11H8FIN2O. The Bertz CT molecular complexity index is 505. The molecule has 0 saturated carbocycles. The van der Waals surface area contributed by atoms with Crippen molar-refractivity contribution in [1.82, 2.24) is 9.97 Å². The van der Waals surface area contributed by atoms with Gasteiger partial charge < -0.3 is 4.74 Å². The third-order valence-corrected chi connectivity index (χ3v) is 2.71. The summed E-state index contributed by atoms with van der Waals surface area (Å²) in [5.41, 5.74) is 1.39. The Labute approximate surface area is 106 Å². The Kier molecular flexibility index (Phi) is 3.33. The van der Waals surface area contributed by atoms with E-state index < -0.39 is 0 Å². The van der Waals surface area contributed by atoms with E-state index in [4.69, 9.17) is 4.74 Å². The van der Waals surface area contributed by atoms with E-state index in [2.05, 4.69) is 32.6 Å². The molecule has 5 heteroatoms. The lowest BCUT2D eigenvalue weighted by Crippen LogP contribution is -1.94. The highest BCUT2D eigenvalue weighted by molar-refractivity contribution is 14.1. The van der Waals surface area contributed by atoms with Gasteiger partial charge in [0.2, 0.25) is 0 Å². The molecule has 1 aromatic heterocycles. The number of ether oxygens (including phenoxy) is 1. The largest absolute Gasteiger partial charge is 0.493 e. The van der Waals surface area contributed by atoms with Crippen LogP contribution in [-0.4, -0.2) is 17.1 Å². The molecule has 1 aromatic carbocycles. The Morgan fingerprint density at radius 1 is 1.25 bits per heavy atom. The number of hydrogen-bond acceptors (Lipinski definition) is 3. The maximum absolute atomic E-state index is 13.6. The predicted molar refractivity (Wildman–Crippen MR) is 66.7 cm³/mol. The van der Waals surface area contributed by atoms with Crippen molar-refractivity contribution in [2.45, 2.75) is 0 Å². The van der Waals surface area contributed by atoms with Gasteiger partial charge in [0, 0.05) is 27.1 Å². The third kappa shape index (κ3) is 2.13. The maximum Gasteiger partial charge on any atom is 0.166 e. The van der Waals surface area contributed by atoms with Crippen molar-refractivity contribution in [3.05, 3.63) is 40.2 Å². The van der Waals surface area contributed by atoms with E-state index in [9.17, 15) is 4.39 Å². The van der Waals surface area contributed by atoms with Gasteiger partial charge in [-0.3, -0.25) is 0 Å². The molecule has 0 amide bonds. The maximum atomic E-state index is 13.6. The normalized spacial score (nSPS) is 10.2. The van der Waals surface area contributed by atoms with Crippen molar-refractivity contribution in [3.8, 4) is 16.9 Å². The second-order valence-corrected chi connectivity index (χ2v) is 4.34. The lowest BCUT2D eigenvalue weighted by molar-refractivity contribution is 0.388. The molecule has 0 radical (unpaired) electrons. The van der Waals surface area contributed by atoms with Crippen molar-refractivity contribution in [2.75, 3.05) is 7.11 Å². The molecule has 2 aromatic rings. The predicted octanol–water partition coefficient (Wildman–Crippen LogP) is 2.90. The van der Waals surface area contributed by atoms with Gasteiger partial charge in [0.05, 0.1) is 7.11 Å². The van der Waals surface area contributed by atoms with E-state index in [1.54, 1.807) is 12.4 Å². The highest BCUT2D eigenvalue weighted by Crippen LogP contribution is 2.33. The summed E-state index contributed by atoms with van der Waals surface area (Å²) in [5, 5.41) is 0. The van der Waals surface area contributed by atoms with Crippen LogP contribution >= 0.6 is 22.6 Å². The van der Waals surface area contributed by atoms with Gasteiger partial charge in [-0.05, 0) is 34.7 Å². The molecule has 1 heterocycles. The number of nitrogens with zero attached hydrogens (tertiary/aromatic N) is 2. The second-order valence-electron chi connectivity index (χ2n) is 3.10. The van der Waals surface area contributed by atoms with Crippen molar-refractivity contribution in [2.24, 2.45) is 0 Å². The Morgan fingerprint density at radius 3 is 2.56 bits per heavy atom. The highest BCUT2D eigenvalue weighted by atomic mass is 127. The van der Waals surface area contributed by atoms with E-state index in [0.29, 0.717) is 5.56 Å². The van der Waals surface area contributed by atoms with Gasteiger partial charge in [0.1, 0.15) is 6.33 Å². The van der Waals surface area contributed by atoms with Crippen molar-refractivity contribution in [3.63, 3.8) is 0 Å². The minimum absolute atomic E-state index is 0.218. The van der Waals surface area contributed by atoms with Gasteiger partial charge in [-0.1, -0.05) is 0 Å². The zero-order valence-electron chi connectivity index (χ0n) is 8.45. The molecule has 0 saturated heterocycles. The minimum atomic E-state index is -0.381. The summed E-state index contributed by atoms with van der Waals surface area (Å²) in [6, 6.07) is 3.26. The quantitative estimate of drug-likeness (QED) is 0.795. The van der Waals surface area contributed by atoms with Crippen LogP contribution in [0.3, 0.4) is 0 Å². The van der Waals surface area contributed by atoms with Crippen molar-refractivity contribution >= 4 is 22.6 Å². The first-order chi connectivity index (χ1) is 7.72. The molecule has 0 fully saturated rings. The van der Waals surface area contributed by atoms with Crippen molar-refractivity contribution in [1.29, 1.82) is 0 Å². The van der Waals surface area contributed by atoms with E-state index in [0.717, 1.165) is 9.13 Å². The number of rotatable bonds is 2. The number of methoxy groups -OCH3 is 1. The molecule has 3 nitrogen and oxygen atoms in total. The molecule has 0 N–H and O–H groups in total. The highest BCUT2D eigenvalue weighted by Gasteiger charge is 2.12. The average molecular weight is 330 g/mol. The Morgan fingerprint density at radius 2 is 1.94 bits per heavy atom. The zero-order valence-corrected chi connectivity index (χ0v) is 10.6. The fourth-order valence-corrected chi connectivity index (χ4v) is 2.01. The molecule has 2 rings (SSSR count). The number of halogens is 2. The van der Waals surface area contributed by atoms with Gasteiger partial charge in [-0.2, -0.15) is 0 Å². The minimum Gasteiger partial charge on any atom is -0.493 e. The van der Waals surface area contributed by atoms with Crippen LogP contribution in [0.4, 0.5) is 4.39 Å². The smallest absolute Gasteiger partial charge is 0.166 e. The van der Waals surface area contributed by atoms with Gasteiger partial charge in [0.15, 0.2) is 11.6 Å². The van der Waals surface area contributed by atoms with Crippen LogP contribution in [0.5, 0.6) is 5.75 Å². The first kappa shape index (κ1) is 11.3. The number of benzene rings is 1. The monoisotopic (exact) mass is 330 g/mol. The first-order valence-corrected chi connectivity index (χ1v) is 5.58. The zero-order chi connectivity index (χ0) is 11.5. The summed E-state index contributed by atoms with van der Waals surface area (Å²) in [4.78, 5) is 7.81. The van der Waals surface area contributed by atoms with E-state index in [1.165, 1.54) is 19.5 Å². The summed E-state index contributed by atoms with van der Waals surface area (Å²) < 4.78 is 19.5. The summed E-state index contributed by atoms with van der Waals surface area (Å²) in [6.07, 6.45) is 4.68. The SMILES string of the molecule is COc1c(F)cc(I)cc1-c1cncnc1. The van der Waals surface area contributed by atoms with Crippen molar-refractivity contribution < 1.29 is 9.13 Å². The third-order valence-electron chi connectivity index (χ3n) is 2.08. The van der Waals surface area contributed by atoms with Gasteiger partial charge in [-0.25, -0.2) is 14.4 Å². The van der Waals surface area contributed by atoms with E-state index >= 15 is 0 Å². The number of aromatic nitrogens is 2. The summed E-state index contributed by atoms with van der Waals surface area (Å²) >= 11 is 2.05. The van der Waals surface area contributed by atoms with Crippen LogP contribution in [0.15, 0.2) is 30.9 Å². The lowest BCUT2D eigenvalue weighted by Gasteiger charge is -2.09. The lowest BCUT2D eigenvalue weighted by atomic mass is 10.1. The molecule has 0 unspecified atom stereocenters. The van der Waals surface area contributed by atoms with Crippen LogP contribution in [0.2, 0.25) is 0 Å². The summed E-state index contributed by atoms with van der Waals surface area (Å²) in [5.74, 6) is -0.163. The fourth-order valence-electron chi connectivity index (χ4n) is 1.42. The van der Waals surface area contributed by atoms with Crippen LogP contribution in [0, 0.1) is 9.39 Å². The van der Waals surface area contributed by atoms with E-state index in [-0.39, 0.29) is 11.6 Å². The Balaban J connectivity index is 2.64. The fraction of sp³-hybridized carbons (Fsp3) is 0.0909. The standard InChI is InChI=1S/C11H8FIN2O/c1-16-11-9(2-8(13)3-10(11)12)7-4-14-6-15-5-7/h2-6H,1H3. The molecule has 0 atom stereocenters. The van der Waals surface area contributed by atoms with Crippen LogP contribution < -0.4 is 4.74 Å². The number of hydrogen-bond donors (Lipinski definition) is 0. The van der Waals surface area contributed by atoms with Crippen LogP contribution in [0.1, 0.15) is 0 Å². The second kappa shape index (κ2) is 4.73. The Hall–Kier alpha value is -1.24. The van der Waals surface area contributed by atoms with Gasteiger partial charge >= 0.3 is 0 Å². The first-order valence-electron chi connectivity index (χ1n) is 4.51. The summed E-state index contributed by atoms with van der Waals surface area (Å²) in [6.45, 7) is 0. The molecule has 0 spiro atoms. The topological polar surface area (TPSA) is 35.0 Å². The average Bonchev–Trinajstić information content (AvgIpc) is 2.29. The van der Waals surface area contributed by atoms with Gasteiger partial charge in [-0.15, -0.1) is 0 Å². The molecule has 0 aliphatic heterocycles. The molecule has 82 valence electrons. The molecule has 0 aliphatic rings. The molecule has 0 bridgehead atoms. The summed E-state index contributed by atoms with van der Waals surface area (Å²) in [7, 11) is 1.44. The van der Waals surface area contributed by atoms with Crippen LogP contribution in [0.25, 0.3) is 11.1 Å². The van der Waals surface area contributed by atoms with Gasteiger partial charge in [0.25, 0.3) is 0 Å². The molecule has 0 aliphatic carbocycles. The molecule has 16 heavy (non-hydrogen) atoms. The van der Waals surface area contributed by atoms with E-state index in [1.807, 2.05) is 6.07 Å². The van der Waals surface area contributed by atoms with Crippen LogP contribution in [-0.2, 0) is 0 Å².